The van der Waals surface area contributed by atoms with E-state index >= 15 is 0 Å². The third kappa shape index (κ3) is 2.97. The second-order valence-electron chi connectivity index (χ2n) is 4.64. The highest BCUT2D eigenvalue weighted by atomic mass is 32.1. The van der Waals surface area contributed by atoms with Crippen LogP contribution in [0, 0.1) is 6.92 Å². The Morgan fingerprint density at radius 2 is 1.62 bits per heavy atom. The van der Waals surface area contributed by atoms with Gasteiger partial charge in [-0.1, -0.05) is 44.2 Å². The fraction of sp³-hybridized carbons (Fsp3) is 0.263. The van der Waals surface area contributed by atoms with E-state index in [2.05, 4.69) is 63.3 Å². The highest BCUT2D eigenvalue weighted by Gasteiger charge is 2.13. The van der Waals surface area contributed by atoms with Crippen molar-refractivity contribution in [2.24, 2.45) is 0 Å². The molecule has 0 spiro atoms. The maximum atomic E-state index is 2.29. The molecule has 0 saturated heterocycles. The first-order valence-electron chi connectivity index (χ1n) is 7.45. The summed E-state index contributed by atoms with van der Waals surface area (Å²) < 4.78 is 4.26. The van der Waals surface area contributed by atoms with Crippen LogP contribution < -0.4 is 0 Å². The van der Waals surface area contributed by atoms with Gasteiger partial charge in [-0.3, -0.25) is 0 Å². The molecule has 1 aromatic carbocycles. The Labute approximate surface area is 135 Å². The van der Waals surface area contributed by atoms with E-state index in [0.717, 1.165) is 0 Å². The zero-order chi connectivity index (χ0) is 15.4. The monoisotopic (exact) mass is 314 g/mol. The van der Waals surface area contributed by atoms with E-state index in [0.29, 0.717) is 0 Å². The SMILES string of the molecule is C/C=C\c1c(/C=C/C)sc2c1sc1cc(C)ccc12.CC. The van der Waals surface area contributed by atoms with Crippen molar-refractivity contribution in [3.8, 4) is 0 Å². The second kappa shape index (κ2) is 7.06. The molecule has 0 amide bonds. The van der Waals surface area contributed by atoms with Gasteiger partial charge in [0.1, 0.15) is 0 Å². The van der Waals surface area contributed by atoms with Crippen LogP contribution >= 0.6 is 22.7 Å². The van der Waals surface area contributed by atoms with Crippen LogP contribution in [0.25, 0.3) is 31.6 Å². The molecule has 0 aliphatic carbocycles. The summed E-state index contributed by atoms with van der Waals surface area (Å²) in [6.45, 7) is 10.3. The zero-order valence-corrected chi connectivity index (χ0v) is 15.0. The maximum Gasteiger partial charge on any atom is 0.0542 e. The van der Waals surface area contributed by atoms with E-state index in [1.54, 1.807) is 0 Å². The summed E-state index contributed by atoms with van der Waals surface area (Å²) in [5.41, 5.74) is 2.71. The van der Waals surface area contributed by atoms with Crippen LogP contribution in [0.15, 0.2) is 30.4 Å². The van der Waals surface area contributed by atoms with Gasteiger partial charge in [0, 0.05) is 20.5 Å². The molecule has 0 aliphatic rings. The van der Waals surface area contributed by atoms with Crippen LogP contribution in [0.4, 0.5) is 0 Å². The van der Waals surface area contributed by atoms with Crippen molar-refractivity contribution in [3.05, 3.63) is 46.4 Å². The molecular formula is C19H22S2. The topological polar surface area (TPSA) is 0 Å². The van der Waals surface area contributed by atoms with E-state index in [1.807, 2.05) is 36.5 Å². The Hall–Kier alpha value is -1.38. The highest BCUT2D eigenvalue weighted by Crippen LogP contribution is 2.44. The van der Waals surface area contributed by atoms with Crippen LogP contribution in [0.1, 0.15) is 43.7 Å². The summed E-state index contributed by atoms with van der Waals surface area (Å²) in [5.74, 6) is 0. The molecule has 0 atom stereocenters. The smallest absolute Gasteiger partial charge is 0.0542 e. The van der Waals surface area contributed by atoms with Crippen LogP contribution in [0.3, 0.4) is 0 Å². The molecule has 110 valence electrons. The predicted molar refractivity (Wildman–Crippen MR) is 103 cm³/mol. The molecule has 0 unspecified atom stereocenters. The minimum absolute atomic E-state index is 1.34. The highest BCUT2D eigenvalue weighted by molar-refractivity contribution is 7.33. The Balaban J connectivity index is 0.000000774. The van der Waals surface area contributed by atoms with Crippen molar-refractivity contribution in [3.63, 3.8) is 0 Å². The molecule has 2 heteroatoms. The van der Waals surface area contributed by atoms with Crippen molar-refractivity contribution in [1.29, 1.82) is 0 Å². The Kier molecular flexibility index (Phi) is 5.38. The fourth-order valence-corrected chi connectivity index (χ4v) is 5.14. The Morgan fingerprint density at radius 3 is 2.29 bits per heavy atom. The summed E-state index contributed by atoms with van der Waals surface area (Å²) in [4.78, 5) is 1.37. The summed E-state index contributed by atoms with van der Waals surface area (Å²) in [6, 6.07) is 6.76. The molecule has 0 fully saturated rings. The molecule has 0 radical (unpaired) electrons. The normalized spacial score (nSPS) is 11.7. The number of allylic oxidation sites excluding steroid dienone is 2. The first kappa shape index (κ1) is 16.0. The average molecular weight is 315 g/mol. The van der Waals surface area contributed by atoms with Gasteiger partial charge in [0.05, 0.1) is 9.40 Å². The van der Waals surface area contributed by atoms with Crippen molar-refractivity contribution in [2.45, 2.75) is 34.6 Å². The van der Waals surface area contributed by atoms with Gasteiger partial charge in [0.2, 0.25) is 0 Å². The number of fused-ring (bicyclic) bond motifs is 3. The molecule has 0 saturated carbocycles. The Morgan fingerprint density at radius 1 is 0.905 bits per heavy atom. The lowest BCUT2D eigenvalue weighted by Gasteiger charge is -1.93. The molecular weight excluding hydrogens is 292 g/mol. The number of aryl methyl sites for hydroxylation is 1. The average Bonchev–Trinajstić information content (AvgIpc) is 2.99. The lowest BCUT2D eigenvalue weighted by atomic mass is 10.1. The summed E-state index contributed by atoms with van der Waals surface area (Å²) >= 11 is 3.82. The van der Waals surface area contributed by atoms with Crippen LogP contribution in [-0.2, 0) is 0 Å². The molecule has 0 aliphatic heterocycles. The molecule has 0 N–H and O–H groups in total. The number of hydrogen-bond acceptors (Lipinski definition) is 2. The van der Waals surface area contributed by atoms with Crippen LogP contribution in [0.5, 0.6) is 0 Å². The molecule has 2 heterocycles. The van der Waals surface area contributed by atoms with Crippen molar-refractivity contribution < 1.29 is 0 Å². The molecule has 0 bridgehead atoms. The van der Waals surface area contributed by atoms with Gasteiger partial charge in [-0.25, -0.2) is 0 Å². The molecule has 3 rings (SSSR count). The van der Waals surface area contributed by atoms with Gasteiger partial charge in [0.25, 0.3) is 0 Å². The van der Waals surface area contributed by atoms with Crippen molar-refractivity contribution >= 4 is 54.3 Å². The van der Waals surface area contributed by atoms with Gasteiger partial charge in [-0.05, 0) is 38.5 Å². The largest absolute Gasteiger partial charge is 0.134 e. The minimum Gasteiger partial charge on any atom is -0.134 e. The van der Waals surface area contributed by atoms with E-state index in [-0.39, 0.29) is 0 Å². The number of hydrogen-bond donors (Lipinski definition) is 0. The summed E-state index contributed by atoms with van der Waals surface area (Å²) in [5, 5.41) is 1.40. The predicted octanol–water partition coefficient (Wildman–Crippen LogP) is 7.52. The van der Waals surface area contributed by atoms with Gasteiger partial charge < -0.3 is 0 Å². The van der Waals surface area contributed by atoms with E-state index in [9.17, 15) is 0 Å². The van der Waals surface area contributed by atoms with Crippen LogP contribution in [0.2, 0.25) is 0 Å². The zero-order valence-electron chi connectivity index (χ0n) is 13.4. The minimum atomic E-state index is 1.34. The van der Waals surface area contributed by atoms with E-state index in [4.69, 9.17) is 0 Å². The van der Waals surface area contributed by atoms with Gasteiger partial charge in [-0.2, -0.15) is 0 Å². The van der Waals surface area contributed by atoms with Gasteiger partial charge in [0.15, 0.2) is 0 Å². The summed E-state index contributed by atoms with van der Waals surface area (Å²) in [7, 11) is 0. The molecule has 21 heavy (non-hydrogen) atoms. The van der Waals surface area contributed by atoms with E-state index in [1.165, 1.54) is 35.5 Å². The number of rotatable bonds is 2. The van der Waals surface area contributed by atoms with Gasteiger partial charge in [-0.15, -0.1) is 22.7 Å². The van der Waals surface area contributed by atoms with Crippen LogP contribution in [-0.4, -0.2) is 0 Å². The first-order valence-corrected chi connectivity index (χ1v) is 9.09. The third-order valence-corrected chi connectivity index (χ3v) is 5.69. The van der Waals surface area contributed by atoms with E-state index < -0.39 is 0 Å². The third-order valence-electron chi connectivity index (χ3n) is 3.17. The summed E-state index contributed by atoms with van der Waals surface area (Å²) in [6.07, 6.45) is 8.70. The lowest BCUT2D eigenvalue weighted by molar-refractivity contribution is 1.50. The second-order valence-corrected chi connectivity index (χ2v) is 6.74. The number of thiophene rings is 2. The number of benzene rings is 1. The standard InChI is InChI=1S/C17H16S2.C2H6/c1-4-6-12-14(7-5-2)18-17-13-9-8-11(3)10-15(13)19-16(12)17;1-2/h4-10H,1-3H3;1-2H3/b6-4-,7-5+;. The molecule has 0 nitrogen and oxygen atoms in total. The lowest BCUT2D eigenvalue weighted by Crippen LogP contribution is -1.69. The van der Waals surface area contributed by atoms with Gasteiger partial charge >= 0.3 is 0 Å². The maximum absolute atomic E-state index is 2.29. The fourth-order valence-electron chi connectivity index (χ4n) is 2.34. The first-order chi connectivity index (χ1) is 10.2. The van der Waals surface area contributed by atoms with Crippen molar-refractivity contribution in [2.75, 3.05) is 0 Å². The quantitative estimate of drug-likeness (QED) is 0.459. The molecule has 2 aromatic heterocycles. The van der Waals surface area contributed by atoms with Crippen molar-refractivity contribution in [1.82, 2.24) is 0 Å². The Bertz CT molecular complexity index is 798. The molecule has 3 aromatic rings.